The molecule has 0 bridgehead atoms. The van der Waals surface area contributed by atoms with E-state index in [0.29, 0.717) is 11.3 Å². The number of benzene rings is 2. The van der Waals surface area contributed by atoms with E-state index in [1.165, 1.54) is 0 Å². The van der Waals surface area contributed by atoms with Gasteiger partial charge in [-0.1, -0.05) is 39.0 Å². The van der Waals surface area contributed by atoms with Gasteiger partial charge in [0, 0.05) is 11.1 Å². The summed E-state index contributed by atoms with van der Waals surface area (Å²) in [6, 6.07) is 13.3. The van der Waals surface area contributed by atoms with Crippen LogP contribution in [0.25, 0.3) is 0 Å². The Hall–Kier alpha value is -1.61. The summed E-state index contributed by atoms with van der Waals surface area (Å²) in [6.45, 7) is 6.46. The van der Waals surface area contributed by atoms with Crippen molar-refractivity contribution in [2.24, 2.45) is 0 Å². The fraction of sp³-hybridized carbons (Fsp3) is 0.235. The van der Waals surface area contributed by atoms with Crippen LogP contribution in [0.3, 0.4) is 0 Å². The monoisotopic (exact) mass is 332 g/mol. The Kier molecular flexibility index (Phi) is 4.29. The van der Waals surface area contributed by atoms with Crippen LogP contribution < -0.4 is 4.74 Å². The van der Waals surface area contributed by atoms with Gasteiger partial charge >= 0.3 is 0 Å². The molecule has 20 heavy (non-hydrogen) atoms. The van der Waals surface area contributed by atoms with Crippen molar-refractivity contribution in [3.8, 4) is 11.5 Å². The largest absolute Gasteiger partial charge is 0.456 e. The molecule has 0 fully saturated rings. The summed E-state index contributed by atoms with van der Waals surface area (Å²) in [6.07, 6.45) is 0.817. The Labute approximate surface area is 127 Å². The zero-order valence-electron chi connectivity index (χ0n) is 11.8. The molecule has 2 rings (SSSR count). The molecule has 0 unspecified atom stereocenters. The van der Waals surface area contributed by atoms with Crippen molar-refractivity contribution in [2.75, 3.05) is 0 Å². The number of halogens is 1. The third-order valence-corrected chi connectivity index (χ3v) is 3.63. The maximum absolute atomic E-state index is 10.8. The fourth-order valence-electron chi connectivity index (χ4n) is 1.97. The second-order valence-corrected chi connectivity index (χ2v) is 6.51. The van der Waals surface area contributed by atoms with Crippen molar-refractivity contribution in [2.45, 2.75) is 26.2 Å². The van der Waals surface area contributed by atoms with E-state index in [-0.39, 0.29) is 5.41 Å². The van der Waals surface area contributed by atoms with E-state index in [9.17, 15) is 4.79 Å². The minimum Gasteiger partial charge on any atom is -0.456 e. The molecule has 104 valence electrons. The number of carbonyl (C=O) groups excluding carboxylic acids is 1. The minimum atomic E-state index is 0.00576. The Morgan fingerprint density at radius 3 is 2.35 bits per heavy atom. The van der Waals surface area contributed by atoms with Crippen LogP contribution in [0.1, 0.15) is 36.7 Å². The van der Waals surface area contributed by atoms with Gasteiger partial charge in [0.05, 0.1) is 4.47 Å². The average Bonchev–Trinajstić information content (AvgIpc) is 2.40. The summed E-state index contributed by atoms with van der Waals surface area (Å²) < 4.78 is 6.77. The van der Waals surface area contributed by atoms with Crippen LogP contribution in [-0.4, -0.2) is 6.29 Å². The summed E-state index contributed by atoms with van der Waals surface area (Å²) >= 11 is 3.44. The van der Waals surface area contributed by atoms with Gasteiger partial charge in [0.1, 0.15) is 17.8 Å². The summed E-state index contributed by atoms with van der Waals surface area (Å²) in [5, 5.41) is 0. The van der Waals surface area contributed by atoms with Crippen LogP contribution in [0.5, 0.6) is 11.5 Å². The van der Waals surface area contributed by atoms with Crippen LogP contribution in [0.2, 0.25) is 0 Å². The van der Waals surface area contributed by atoms with E-state index in [1.54, 1.807) is 18.2 Å². The van der Waals surface area contributed by atoms with E-state index >= 15 is 0 Å². The highest BCUT2D eigenvalue weighted by atomic mass is 79.9. The SMILES string of the molecule is CC(C)(C)c1ccccc1Oc1ccc(C=O)cc1Br. The first kappa shape index (κ1) is 14.8. The molecule has 0 saturated carbocycles. The number of rotatable bonds is 3. The number of para-hydroxylation sites is 1. The van der Waals surface area contributed by atoms with Gasteiger partial charge in [-0.15, -0.1) is 0 Å². The molecule has 3 heteroatoms. The van der Waals surface area contributed by atoms with Crippen LogP contribution in [0.4, 0.5) is 0 Å². The molecule has 0 aliphatic carbocycles. The van der Waals surface area contributed by atoms with E-state index in [2.05, 4.69) is 42.8 Å². The first-order valence-corrected chi connectivity index (χ1v) is 7.23. The first-order chi connectivity index (χ1) is 9.41. The third-order valence-electron chi connectivity index (χ3n) is 3.01. The van der Waals surface area contributed by atoms with Gasteiger partial charge in [-0.3, -0.25) is 4.79 Å². The molecule has 0 N–H and O–H groups in total. The molecule has 0 amide bonds. The summed E-state index contributed by atoms with van der Waals surface area (Å²) in [5.41, 5.74) is 1.77. The standard InChI is InChI=1S/C17H17BrO2/c1-17(2,3)13-6-4-5-7-15(13)20-16-9-8-12(11-19)10-14(16)18/h4-11H,1-3H3. The number of aldehydes is 1. The van der Waals surface area contributed by atoms with Gasteiger partial charge < -0.3 is 4.74 Å². The van der Waals surface area contributed by atoms with Gasteiger partial charge in [-0.05, 0) is 45.6 Å². The van der Waals surface area contributed by atoms with Crippen molar-refractivity contribution in [3.05, 3.63) is 58.1 Å². The first-order valence-electron chi connectivity index (χ1n) is 6.44. The molecule has 2 aromatic carbocycles. The highest BCUT2D eigenvalue weighted by molar-refractivity contribution is 9.10. The molecule has 0 aromatic heterocycles. The number of hydrogen-bond donors (Lipinski definition) is 0. The quantitative estimate of drug-likeness (QED) is 0.708. The lowest BCUT2D eigenvalue weighted by molar-refractivity contribution is 0.112. The molecule has 0 radical (unpaired) electrons. The van der Waals surface area contributed by atoms with Crippen molar-refractivity contribution in [1.82, 2.24) is 0 Å². The van der Waals surface area contributed by atoms with Gasteiger partial charge in [0.2, 0.25) is 0 Å². The zero-order chi connectivity index (χ0) is 14.8. The number of ether oxygens (including phenoxy) is 1. The molecule has 0 spiro atoms. The summed E-state index contributed by atoms with van der Waals surface area (Å²) in [4.78, 5) is 10.8. The second kappa shape index (κ2) is 5.80. The predicted octanol–water partition coefficient (Wildman–Crippen LogP) is 5.35. The topological polar surface area (TPSA) is 26.3 Å². The lowest BCUT2D eigenvalue weighted by Crippen LogP contribution is -2.12. The number of carbonyl (C=O) groups is 1. The highest BCUT2D eigenvalue weighted by Gasteiger charge is 2.19. The Morgan fingerprint density at radius 1 is 1.05 bits per heavy atom. The Morgan fingerprint density at radius 2 is 1.75 bits per heavy atom. The minimum absolute atomic E-state index is 0.00576. The Bertz CT molecular complexity index is 627. The predicted molar refractivity (Wildman–Crippen MR) is 84.7 cm³/mol. The zero-order valence-corrected chi connectivity index (χ0v) is 13.4. The lowest BCUT2D eigenvalue weighted by atomic mass is 9.86. The summed E-state index contributed by atoms with van der Waals surface area (Å²) in [7, 11) is 0. The van der Waals surface area contributed by atoms with Gasteiger partial charge in [0.15, 0.2) is 0 Å². The molecule has 0 atom stereocenters. The maximum atomic E-state index is 10.8. The molecule has 0 aliphatic rings. The molecule has 2 nitrogen and oxygen atoms in total. The van der Waals surface area contributed by atoms with Crippen LogP contribution in [-0.2, 0) is 5.41 Å². The molecular weight excluding hydrogens is 316 g/mol. The highest BCUT2D eigenvalue weighted by Crippen LogP contribution is 2.36. The normalized spacial score (nSPS) is 11.2. The fourth-order valence-corrected chi connectivity index (χ4v) is 2.44. The van der Waals surface area contributed by atoms with Crippen LogP contribution in [0.15, 0.2) is 46.9 Å². The average molecular weight is 333 g/mol. The van der Waals surface area contributed by atoms with E-state index in [4.69, 9.17) is 4.74 Å². The van der Waals surface area contributed by atoms with Crippen molar-refractivity contribution >= 4 is 22.2 Å². The van der Waals surface area contributed by atoms with Gasteiger partial charge in [-0.25, -0.2) is 0 Å². The smallest absolute Gasteiger partial charge is 0.150 e. The van der Waals surface area contributed by atoms with E-state index in [0.717, 1.165) is 22.1 Å². The van der Waals surface area contributed by atoms with Crippen molar-refractivity contribution in [3.63, 3.8) is 0 Å². The lowest BCUT2D eigenvalue weighted by Gasteiger charge is -2.22. The molecular formula is C17H17BrO2. The molecule has 2 aromatic rings. The van der Waals surface area contributed by atoms with Crippen LogP contribution in [0, 0.1) is 0 Å². The summed E-state index contributed by atoms with van der Waals surface area (Å²) in [5.74, 6) is 1.53. The number of hydrogen-bond acceptors (Lipinski definition) is 2. The molecule has 0 aliphatic heterocycles. The van der Waals surface area contributed by atoms with Crippen molar-refractivity contribution < 1.29 is 9.53 Å². The van der Waals surface area contributed by atoms with Crippen molar-refractivity contribution in [1.29, 1.82) is 0 Å². The molecule has 0 saturated heterocycles. The third kappa shape index (κ3) is 3.28. The van der Waals surface area contributed by atoms with Gasteiger partial charge in [-0.2, -0.15) is 0 Å². The second-order valence-electron chi connectivity index (χ2n) is 5.66. The van der Waals surface area contributed by atoms with E-state index < -0.39 is 0 Å². The van der Waals surface area contributed by atoms with Crippen LogP contribution >= 0.6 is 15.9 Å². The Balaban J connectivity index is 2.38. The molecule has 0 heterocycles. The van der Waals surface area contributed by atoms with E-state index in [1.807, 2.05) is 18.2 Å². The maximum Gasteiger partial charge on any atom is 0.150 e. The van der Waals surface area contributed by atoms with Gasteiger partial charge in [0.25, 0.3) is 0 Å².